The van der Waals surface area contributed by atoms with E-state index in [2.05, 4.69) is 35.3 Å². The van der Waals surface area contributed by atoms with E-state index in [4.69, 9.17) is 4.42 Å². The minimum Gasteiger partial charge on any atom is -0.467 e. The molecule has 0 radical (unpaired) electrons. The van der Waals surface area contributed by atoms with Gasteiger partial charge in [0.2, 0.25) is 0 Å². The van der Waals surface area contributed by atoms with Crippen molar-refractivity contribution >= 4 is 0 Å². The van der Waals surface area contributed by atoms with Crippen molar-refractivity contribution in [1.82, 2.24) is 20.1 Å². The molecule has 5 heteroatoms. The van der Waals surface area contributed by atoms with Crippen LogP contribution in [0.1, 0.15) is 36.8 Å². The summed E-state index contributed by atoms with van der Waals surface area (Å²) in [6.45, 7) is 10.7. The maximum atomic E-state index is 5.56. The molecule has 0 amide bonds. The summed E-state index contributed by atoms with van der Waals surface area (Å²) in [5.41, 5.74) is 1.17. The summed E-state index contributed by atoms with van der Waals surface area (Å²) < 4.78 is 7.42. The summed E-state index contributed by atoms with van der Waals surface area (Å²) in [5, 5.41) is 7.73. The molecule has 0 saturated heterocycles. The van der Waals surface area contributed by atoms with Crippen LogP contribution in [0.25, 0.3) is 0 Å². The number of nitrogens with one attached hydrogen (secondary N) is 1. The van der Waals surface area contributed by atoms with Gasteiger partial charge in [0.15, 0.2) is 0 Å². The van der Waals surface area contributed by atoms with E-state index in [1.165, 1.54) is 5.56 Å². The summed E-state index contributed by atoms with van der Waals surface area (Å²) in [4.78, 5) is 4.28. The van der Waals surface area contributed by atoms with Crippen LogP contribution in [0.2, 0.25) is 0 Å². The molecular formula is C14H22N4O. The topological polar surface area (TPSA) is 55.9 Å². The van der Waals surface area contributed by atoms with Gasteiger partial charge in [-0.1, -0.05) is 13.8 Å². The number of rotatable bonds is 6. The number of nitrogens with zero attached hydrogens (tertiary/aromatic N) is 3. The van der Waals surface area contributed by atoms with E-state index < -0.39 is 0 Å². The molecule has 0 spiro atoms. The van der Waals surface area contributed by atoms with Crippen LogP contribution in [0.15, 0.2) is 16.7 Å². The quantitative estimate of drug-likeness (QED) is 0.867. The van der Waals surface area contributed by atoms with Crippen LogP contribution < -0.4 is 5.32 Å². The van der Waals surface area contributed by atoms with Gasteiger partial charge in [-0.15, -0.1) is 0 Å². The van der Waals surface area contributed by atoms with E-state index in [-0.39, 0.29) is 0 Å². The normalized spacial score (nSPS) is 11.4. The van der Waals surface area contributed by atoms with Crippen molar-refractivity contribution in [2.75, 3.05) is 6.54 Å². The zero-order valence-electron chi connectivity index (χ0n) is 12.1. The Kier molecular flexibility index (Phi) is 4.37. The number of hydrogen-bond acceptors (Lipinski definition) is 4. The standard InChI is InChI=1S/C14H22N4O/c1-10(2)6-15-7-13-5-14(19-9-13)8-18-12(4)16-11(3)17-18/h5,9-10,15H,6-8H2,1-4H3. The van der Waals surface area contributed by atoms with Crippen molar-refractivity contribution in [3.05, 3.63) is 35.3 Å². The van der Waals surface area contributed by atoms with Gasteiger partial charge in [0, 0.05) is 12.1 Å². The van der Waals surface area contributed by atoms with Crippen molar-refractivity contribution < 1.29 is 4.42 Å². The monoisotopic (exact) mass is 262 g/mol. The van der Waals surface area contributed by atoms with Crippen LogP contribution in [0.5, 0.6) is 0 Å². The Balaban J connectivity index is 1.92. The van der Waals surface area contributed by atoms with Crippen LogP contribution in [-0.4, -0.2) is 21.3 Å². The predicted octanol–water partition coefficient (Wildman–Crippen LogP) is 2.28. The number of aromatic nitrogens is 3. The predicted molar refractivity (Wildman–Crippen MR) is 73.9 cm³/mol. The molecule has 1 N–H and O–H groups in total. The Labute approximate surface area is 114 Å². The van der Waals surface area contributed by atoms with E-state index in [0.29, 0.717) is 12.5 Å². The van der Waals surface area contributed by atoms with Crippen LogP contribution in [0.3, 0.4) is 0 Å². The minimum atomic E-state index is 0.636. The molecule has 2 rings (SSSR count). The van der Waals surface area contributed by atoms with Gasteiger partial charge in [-0.2, -0.15) is 5.10 Å². The first-order chi connectivity index (χ1) is 9.04. The first-order valence-corrected chi connectivity index (χ1v) is 6.69. The molecule has 2 aromatic heterocycles. The van der Waals surface area contributed by atoms with Gasteiger partial charge in [0.05, 0.1) is 6.26 Å². The third-order valence-electron chi connectivity index (χ3n) is 2.86. The number of furan rings is 1. The largest absolute Gasteiger partial charge is 0.467 e. The Hall–Kier alpha value is -1.62. The minimum absolute atomic E-state index is 0.636. The van der Waals surface area contributed by atoms with Crippen molar-refractivity contribution in [2.24, 2.45) is 5.92 Å². The molecule has 0 saturated carbocycles. The maximum Gasteiger partial charge on any atom is 0.147 e. The maximum absolute atomic E-state index is 5.56. The van der Waals surface area contributed by atoms with E-state index in [1.54, 1.807) is 0 Å². The molecule has 19 heavy (non-hydrogen) atoms. The Morgan fingerprint density at radius 1 is 1.37 bits per heavy atom. The third kappa shape index (κ3) is 3.92. The molecule has 0 aliphatic rings. The van der Waals surface area contributed by atoms with Crippen molar-refractivity contribution in [1.29, 1.82) is 0 Å². The highest BCUT2D eigenvalue weighted by Gasteiger charge is 2.07. The van der Waals surface area contributed by atoms with E-state index >= 15 is 0 Å². The van der Waals surface area contributed by atoms with Crippen LogP contribution in [-0.2, 0) is 13.1 Å². The van der Waals surface area contributed by atoms with Gasteiger partial charge in [0.25, 0.3) is 0 Å². The Morgan fingerprint density at radius 3 is 2.79 bits per heavy atom. The molecule has 0 bridgehead atoms. The summed E-state index contributed by atoms with van der Waals surface area (Å²) in [6.07, 6.45) is 1.81. The van der Waals surface area contributed by atoms with Gasteiger partial charge in [-0.25, -0.2) is 9.67 Å². The van der Waals surface area contributed by atoms with Crippen LogP contribution in [0.4, 0.5) is 0 Å². The van der Waals surface area contributed by atoms with E-state index in [9.17, 15) is 0 Å². The second-order valence-corrected chi connectivity index (χ2v) is 5.31. The molecule has 0 aliphatic carbocycles. The lowest BCUT2D eigenvalue weighted by atomic mass is 10.2. The molecule has 104 valence electrons. The second kappa shape index (κ2) is 6.02. The van der Waals surface area contributed by atoms with Gasteiger partial charge in [0.1, 0.15) is 24.0 Å². The molecule has 0 atom stereocenters. The van der Waals surface area contributed by atoms with Crippen molar-refractivity contribution in [3.8, 4) is 0 Å². The Morgan fingerprint density at radius 2 is 2.16 bits per heavy atom. The highest BCUT2D eigenvalue weighted by atomic mass is 16.3. The SMILES string of the molecule is Cc1nc(C)n(Cc2cc(CNCC(C)C)co2)n1. The molecule has 5 nitrogen and oxygen atoms in total. The number of hydrogen-bond donors (Lipinski definition) is 1. The fourth-order valence-electron chi connectivity index (χ4n) is 1.97. The third-order valence-corrected chi connectivity index (χ3v) is 2.86. The summed E-state index contributed by atoms with van der Waals surface area (Å²) in [5.74, 6) is 3.28. The summed E-state index contributed by atoms with van der Waals surface area (Å²) in [6, 6.07) is 2.07. The highest BCUT2D eigenvalue weighted by molar-refractivity contribution is 5.13. The molecule has 0 fully saturated rings. The summed E-state index contributed by atoms with van der Waals surface area (Å²) in [7, 11) is 0. The molecule has 2 aromatic rings. The van der Waals surface area contributed by atoms with Gasteiger partial charge in [-0.3, -0.25) is 0 Å². The van der Waals surface area contributed by atoms with Crippen LogP contribution in [0, 0.1) is 19.8 Å². The van der Waals surface area contributed by atoms with Crippen molar-refractivity contribution in [3.63, 3.8) is 0 Å². The smallest absolute Gasteiger partial charge is 0.147 e. The average Bonchev–Trinajstić information content (AvgIpc) is 2.87. The van der Waals surface area contributed by atoms with E-state index in [0.717, 1.165) is 30.5 Å². The lowest BCUT2D eigenvalue weighted by molar-refractivity contribution is 0.472. The molecule has 0 aliphatic heterocycles. The van der Waals surface area contributed by atoms with Crippen molar-refractivity contribution in [2.45, 2.75) is 40.8 Å². The molecule has 0 aromatic carbocycles. The summed E-state index contributed by atoms with van der Waals surface area (Å²) >= 11 is 0. The average molecular weight is 262 g/mol. The van der Waals surface area contributed by atoms with Gasteiger partial charge < -0.3 is 9.73 Å². The fraction of sp³-hybridized carbons (Fsp3) is 0.571. The van der Waals surface area contributed by atoms with E-state index in [1.807, 2.05) is 24.8 Å². The zero-order chi connectivity index (χ0) is 13.8. The van der Waals surface area contributed by atoms with Gasteiger partial charge >= 0.3 is 0 Å². The first kappa shape index (κ1) is 13.8. The molecular weight excluding hydrogens is 240 g/mol. The molecule has 2 heterocycles. The highest BCUT2D eigenvalue weighted by Crippen LogP contribution is 2.10. The lowest BCUT2D eigenvalue weighted by Gasteiger charge is -2.04. The Bertz CT molecular complexity index is 527. The first-order valence-electron chi connectivity index (χ1n) is 6.69. The fourth-order valence-corrected chi connectivity index (χ4v) is 1.97. The molecule has 0 unspecified atom stereocenters. The second-order valence-electron chi connectivity index (χ2n) is 5.31. The zero-order valence-corrected chi connectivity index (χ0v) is 12.1. The lowest BCUT2D eigenvalue weighted by Crippen LogP contribution is -2.18. The van der Waals surface area contributed by atoms with Gasteiger partial charge in [-0.05, 0) is 32.4 Å². The number of aryl methyl sites for hydroxylation is 2. The van der Waals surface area contributed by atoms with Crippen LogP contribution >= 0.6 is 0 Å².